The summed E-state index contributed by atoms with van der Waals surface area (Å²) in [6, 6.07) is 56.4. The van der Waals surface area contributed by atoms with Gasteiger partial charge in [-0.05, 0) is 86.6 Å². The van der Waals surface area contributed by atoms with E-state index < -0.39 is 45.6 Å². The number of carboxylic acid groups (broad SMARTS) is 2. The quantitative estimate of drug-likeness (QED) is 0.0239. The third-order valence-corrected chi connectivity index (χ3v) is 13.8. The summed E-state index contributed by atoms with van der Waals surface area (Å²) >= 11 is 9.53. The van der Waals surface area contributed by atoms with Gasteiger partial charge in [-0.25, -0.2) is 18.0 Å². The monoisotopic (exact) mass is 1240 g/mol. The molecule has 26 heteroatoms. The summed E-state index contributed by atoms with van der Waals surface area (Å²) in [5.74, 6) is -5.71. The van der Waals surface area contributed by atoms with Gasteiger partial charge in [0.1, 0.15) is 32.9 Å². The number of benzene rings is 6. The molecule has 0 spiro atoms. The maximum Gasteiger partial charge on any atom is 0.422 e. The molecule has 0 aliphatic rings. The normalized spacial score (nSPS) is 12.3. The Bertz CT molecular complexity index is 2650. The van der Waals surface area contributed by atoms with Gasteiger partial charge in [-0.3, -0.25) is 0 Å². The Morgan fingerprint density at radius 3 is 0.852 bits per heavy atom. The number of ether oxygens (including phenoxy) is 2. The first-order chi connectivity index (χ1) is 37.0. The number of quaternary nitrogens is 1. The van der Waals surface area contributed by atoms with Gasteiger partial charge in [-0.2, -0.15) is 26.3 Å². The molecule has 0 aromatic heterocycles. The summed E-state index contributed by atoms with van der Waals surface area (Å²) in [4.78, 5) is 50.2. The Balaban J connectivity index is 0. The Morgan fingerprint density at radius 1 is 0.519 bits per heavy atom. The van der Waals surface area contributed by atoms with Crippen LogP contribution < -0.4 is 15.5 Å². The van der Waals surface area contributed by atoms with Crippen LogP contribution in [0.4, 0.5) is 26.3 Å². The Kier molecular flexibility index (Phi) is 34.5. The molecule has 0 radical (unpaired) electrons. The molecular formula is C55H63Cl2F6NO14S3. The van der Waals surface area contributed by atoms with Gasteiger partial charge in [0.15, 0.2) is 40.6 Å². The average molecular weight is 1240 g/mol. The maximum atomic E-state index is 12.2. The van der Waals surface area contributed by atoms with Crippen LogP contribution in [0.15, 0.2) is 199 Å². The molecule has 0 saturated carbocycles. The summed E-state index contributed by atoms with van der Waals surface area (Å²) in [6.07, 6.45) is -9.70. The number of hydrogen-bond acceptors (Lipinski definition) is 14. The maximum absolute atomic E-state index is 12.2. The second kappa shape index (κ2) is 36.3. The second-order valence-electron chi connectivity index (χ2n) is 17.1. The van der Waals surface area contributed by atoms with E-state index in [1.807, 2.05) is 121 Å². The van der Waals surface area contributed by atoms with Crippen molar-refractivity contribution >= 4 is 79.0 Å². The Hall–Kier alpha value is -6.19. The zero-order valence-corrected chi connectivity index (χ0v) is 48.3. The minimum atomic E-state index is -5.19. The van der Waals surface area contributed by atoms with Crippen molar-refractivity contribution in [3.05, 3.63) is 181 Å². The molecule has 0 fully saturated rings. The van der Waals surface area contributed by atoms with E-state index in [1.165, 1.54) is 33.8 Å². The standard InChI is InChI=1S/2C20H17O2S.2C4H5F3O3.C4H12N.CH2Cl2.CH4O4S.CH4/c2*1-22-20(21)18-14-8-9-15-19(18)23(16-10-4-2-5-11-16)17-12-6-3-7-13-17;2*1-3(10,2(8)9)4(5,6)7;1-5(2,3)4;2-1-3;1-6(3,4)5-2;/h2*2-15H,1H3;2*10H,1H3,(H,8,9);1-4H3;1H2;2H,1H3;1H4/q2*+1;;;+1;;;/p-3. The zero-order chi connectivity index (χ0) is 61.7. The van der Waals surface area contributed by atoms with Crippen molar-refractivity contribution in [2.75, 3.05) is 54.0 Å². The molecule has 0 aliphatic heterocycles. The van der Waals surface area contributed by atoms with Gasteiger partial charge in [-0.1, -0.05) is 104 Å². The second-order valence-corrected chi connectivity index (χ2v) is 23.5. The lowest BCUT2D eigenvalue weighted by Gasteiger charge is -2.26. The molecule has 2 unspecified atom stereocenters. The summed E-state index contributed by atoms with van der Waals surface area (Å²) in [5, 5.41) is 44.5. The van der Waals surface area contributed by atoms with E-state index in [1.54, 1.807) is 0 Å². The molecule has 15 nitrogen and oxygen atoms in total. The molecule has 6 rings (SSSR count). The van der Waals surface area contributed by atoms with Crippen LogP contribution in [0.1, 0.15) is 42.0 Å². The van der Waals surface area contributed by atoms with Crippen LogP contribution in [-0.2, 0) is 55.3 Å². The van der Waals surface area contributed by atoms with E-state index in [0.29, 0.717) is 17.4 Å². The van der Waals surface area contributed by atoms with E-state index in [9.17, 15) is 64.2 Å². The number of aliphatic carboxylic acids is 2. The minimum absolute atomic E-state index is 0. The average Bonchev–Trinajstić information content (AvgIpc) is 3.41. The lowest BCUT2D eigenvalue weighted by Crippen LogP contribution is -2.56. The molecule has 0 bridgehead atoms. The van der Waals surface area contributed by atoms with E-state index in [4.69, 9.17) is 48.1 Å². The smallest absolute Gasteiger partial charge is 0.422 e. The topological polar surface area (TPSA) is 240 Å². The number of hydrogen-bond donors (Lipinski definition) is 2. The van der Waals surface area contributed by atoms with E-state index in [2.05, 4.69) is 81.1 Å². The SMILES string of the molecule is C.CC(O)(C(=O)[O-])C(F)(F)F.CC(O)(C(=O)[O-])C(F)(F)F.COC(=O)c1ccccc1[S+](c1ccccc1)c1ccccc1.COC(=O)c1ccccc1[S+](c1ccccc1)c1ccccc1.CS(=O)(=O)O[O-].C[N+](C)(C)C.ClCCl. The van der Waals surface area contributed by atoms with Crippen molar-refractivity contribution < 1.29 is 97.9 Å². The third kappa shape index (κ3) is 27.9. The number of methoxy groups -OCH3 is 2. The van der Waals surface area contributed by atoms with E-state index in [-0.39, 0.29) is 60.3 Å². The van der Waals surface area contributed by atoms with Gasteiger partial charge in [0, 0.05) is 0 Å². The van der Waals surface area contributed by atoms with Gasteiger partial charge in [0.2, 0.25) is 0 Å². The molecule has 2 N–H and O–H groups in total. The Morgan fingerprint density at radius 2 is 0.704 bits per heavy atom. The highest BCUT2D eigenvalue weighted by Crippen LogP contribution is 2.35. The summed E-state index contributed by atoms with van der Waals surface area (Å²) in [7, 11) is 6.92. The van der Waals surface area contributed by atoms with Gasteiger partial charge < -0.3 is 53.6 Å². The highest BCUT2D eigenvalue weighted by atomic mass is 35.5. The number of halogens is 8. The van der Waals surface area contributed by atoms with Crippen LogP contribution >= 0.6 is 23.2 Å². The minimum Gasteiger partial charge on any atom is -0.707 e. The van der Waals surface area contributed by atoms with Crippen molar-refractivity contribution in [1.82, 2.24) is 0 Å². The number of nitrogens with zero attached hydrogens (tertiary/aromatic N) is 1. The molecule has 0 saturated heterocycles. The van der Waals surface area contributed by atoms with Crippen molar-refractivity contribution in [1.29, 1.82) is 0 Å². The van der Waals surface area contributed by atoms with Gasteiger partial charge >= 0.3 is 24.3 Å². The number of carboxylic acids is 2. The zero-order valence-electron chi connectivity index (χ0n) is 44.4. The summed E-state index contributed by atoms with van der Waals surface area (Å²) in [6.45, 7) is 0.227. The molecule has 0 amide bonds. The van der Waals surface area contributed by atoms with Crippen molar-refractivity contribution in [3.63, 3.8) is 0 Å². The first-order valence-corrected chi connectivity index (χ1v) is 27.8. The third-order valence-electron chi connectivity index (χ3n) is 8.96. The lowest BCUT2D eigenvalue weighted by atomic mass is 10.1. The molecule has 2 atom stereocenters. The molecular weight excluding hydrogens is 1180 g/mol. The molecule has 0 aliphatic carbocycles. The van der Waals surface area contributed by atoms with Gasteiger partial charge in [0.25, 0.3) is 10.1 Å². The number of aliphatic hydroxyl groups is 2. The fraction of sp³-hybridized carbons (Fsp3) is 0.273. The highest BCUT2D eigenvalue weighted by molar-refractivity contribution is 7.97. The van der Waals surface area contributed by atoms with Crippen LogP contribution in [0.5, 0.6) is 0 Å². The van der Waals surface area contributed by atoms with Crippen molar-refractivity contribution in [3.8, 4) is 0 Å². The van der Waals surface area contributed by atoms with E-state index >= 15 is 0 Å². The van der Waals surface area contributed by atoms with Crippen LogP contribution in [-0.4, -0.2) is 125 Å². The summed E-state index contributed by atoms with van der Waals surface area (Å²) < 4.78 is 101. The highest BCUT2D eigenvalue weighted by Gasteiger charge is 2.52. The van der Waals surface area contributed by atoms with Crippen molar-refractivity contribution in [2.45, 2.75) is 74.2 Å². The van der Waals surface area contributed by atoms with E-state index in [0.717, 1.165) is 14.3 Å². The predicted octanol–water partition coefficient (Wildman–Crippen LogP) is 7.85. The first kappa shape index (κ1) is 76.9. The van der Waals surface area contributed by atoms with Gasteiger partial charge in [0.05, 0.1) is 65.9 Å². The fourth-order valence-corrected chi connectivity index (χ4v) is 9.53. The fourth-order valence-electron chi connectivity index (χ4n) is 5.08. The number of carbonyl (C=O) groups is 4. The largest absolute Gasteiger partial charge is 0.707 e. The lowest BCUT2D eigenvalue weighted by molar-refractivity contribution is -0.849. The van der Waals surface area contributed by atoms with Crippen LogP contribution in [0.25, 0.3) is 0 Å². The molecule has 6 aromatic carbocycles. The molecule has 446 valence electrons. The molecule has 81 heavy (non-hydrogen) atoms. The van der Waals surface area contributed by atoms with Crippen LogP contribution in [0, 0.1) is 0 Å². The predicted molar refractivity (Wildman–Crippen MR) is 292 cm³/mol. The van der Waals surface area contributed by atoms with Gasteiger partial charge in [-0.15, -0.1) is 23.2 Å². The number of rotatable bonds is 11. The first-order valence-electron chi connectivity index (χ1n) is 22.5. The molecule has 6 aromatic rings. The molecule has 0 heterocycles. The van der Waals surface area contributed by atoms with Crippen LogP contribution in [0.3, 0.4) is 0 Å². The Labute approximate surface area is 483 Å². The number of alkyl halides is 8. The number of carbonyl (C=O) groups excluding carboxylic acids is 4. The van der Waals surface area contributed by atoms with Crippen molar-refractivity contribution in [2.24, 2.45) is 0 Å². The summed E-state index contributed by atoms with van der Waals surface area (Å²) in [5.41, 5.74) is -6.28. The van der Waals surface area contributed by atoms with Crippen LogP contribution in [0.2, 0.25) is 0 Å². The number of esters is 2.